The van der Waals surface area contributed by atoms with Crippen molar-refractivity contribution in [2.45, 2.75) is 32.6 Å². The Morgan fingerprint density at radius 3 is 1.28 bits per heavy atom. The highest BCUT2D eigenvalue weighted by Crippen LogP contribution is 2.39. The summed E-state index contributed by atoms with van der Waals surface area (Å²) in [7, 11) is 0. The van der Waals surface area contributed by atoms with Crippen LogP contribution in [0.3, 0.4) is 0 Å². The summed E-state index contributed by atoms with van der Waals surface area (Å²) in [5.41, 5.74) is 0. The number of unbranched alkanes of at least 4 members (excludes halogenated alkanes) is 3. The van der Waals surface area contributed by atoms with Crippen LogP contribution in [0.1, 0.15) is 32.6 Å². The highest BCUT2D eigenvalue weighted by atomic mass is 16.2. The molecule has 0 N–H and O–H groups in total. The zero-order chi connectivity index (χ0) is 20.6. The molecule has 0 spiro atoms. The van der Waals surface area contributed by atoms with Gasteiger partial charge in [-0.1, -0.05) is 99.0 Å². The fourth-order valence-electron chi connectivity index (χ4n) is 4.11. The van der Waals surface area contributed by atoms with Crippen LogP contribution < -0.4 is 0 Å². The molecule has 0 bridgehead atoms. The van der Waals surface area contributed by atoms with E-state index in [0.717, 1.165) is 12.8 Å². The summed E-state index contributed by atoms with van der Waals surface area (Å²) in [4.78, 5) is 0. The molecule has 1 radical (unpaired) electrons. The number of terminal acetylenes is 1. The molecule has 29 heavy (non-hydrogen) atoms. The minimum absolute atomic E-state index is 0.111. The maximum absolute atomic E-state index is 9.80. The van der Waals surface area contributed by atoms with Crippen LogP contribution in [0.15, 0.2) is 72.8 Å². The maximum atomic E-state index is 9.80. The van der Waals surface area contributed by atoms with Crippen molar-refractivity contribution in [3.8, 4) is 12.8 Å². The predicted octanol–water partition coefficient (Wildman–Crippen LogP) is 7.98. The second kappa shape index (κ2) is 9.92. The molecule has 0 unspecified atom stereocenters. The van der Waals surface area contributed by atoms with Crippen molar-refractivity contribution < 1.29 is 5.11 Å². The molecule has 145 valence electrons. The quantitative estimate of drug-likeness (QED) is 0.130. The maximum Gasteiger partial charge on any atom is 0.0822 e. The van der Waals surface area contributed by atoms with Gasteiger partial charge in [-0.25, -0.2) is 5.11 Å². The van der Waals surface area contributed by atoms with Crippen LogP contribution in [0.4, 0.5) is 0 Å². The molecule has 1 heteroatoms. The lowest BCUT2D eigenvalue weighted by Crippen LogP contribution is -1.85. The van der Waals surface area contributed by atoms with Crippen LogP contribution in [0.5, 0.6) is 0 Å². The third-order valence-corrected chi connectivity index (χ3v) is 5.39. The van der Waals surface area contributed by atoms with Gasteiger partial charge in [0.1, 0.15) is 0 Å². The normalized spacial score (nSPS) is 10.6. The average Bonchev–Trinajstić information content (AvgIpc) is 2.79. The van der Waals surface area contributed by atoms with E-state index in [0.29, 0.717) is 0 Å². The van der Waals surface area contributed by atoms with Gasteiger partial charge < -0.3 is 0 Å². The molecule has 0 fully saturated rings. The van der Waals surface area contributed by atoms with Crippen LogP contribution in [0, 0.1) is 12.8 Å². The Morgan fingerprint density at radius 1 is 0.586 bits per heavy atom. The minimum atomic E-state index is 0.111. The first-order valence-electron chi connectivity index (χ1n) is 10.3. The lowest BCUT2D eigenvalue weighted by Gasteiger charge is -2.13. The average molecular weight is 380 g/mol. The van der Waals surface area contributed by atoms with Gasteiger partial charge in [0.15, 0.2) is 0 Å². The summed E-state index contributed by atoms with van der Waals surface area (Å²) in [6.45, 7) is 2.25. The Labute approximate surface area is 173 Å². The number of hydrogen-bond donors (Lipinski definition) is 0. The first-order chi connectivity index (χ1) is 14.3. The van der Waals surface area contributed by atoms with E-state index >= 15 is 0 Å². The van der Waals surface area contributed by atoms with Crippen molar-refractivity contribution in [1.29, 1.82) is 0 Å². The summed E-state index contributed by atoms with van der Waals surface area (Å²) in [5.74, 6) is 0. The second-order valence-electron chi connectivity index (χ2n) is 7.18. The molecule has 0 saturated carbocycles. The summed E-state index contributed by atoms with van der Waals surface area (Å²) >= 11 is 0. The van der Waals surface area contributed by atoms with E-state index in [9.17, 15) is 5.11 Å². The van der Waals surface area contributed by atoms with Gasteiger partial charge in [0.2, 0.25) is 0 Å². The Morgan fingerprint density at radius 2 is 0.966 bits per heavy atom. The smallest absolute Gasteiger partial charge is 0.0822 e. The molecule has 0 aromatic heterocycles. The van der Waals surface area contributed by atoms with E-state index in [4.69, 9.17) is 0 Å². The molecule has 0 heterocycles. The zero-order valence-electron chi connectivity index (χ0n) is 17.0. The number of hydrogen-bond acceptors (Lipinski definition) is 0. The van der Waals surface area contributed by atoms with Crippen molar-refractivity contribution in [2.24, 2.45) is 0 Å². The molecule has 5 aromatic rings. The zero-order valence-corrected chi connectivity index (χ0v) is 17.0. The lowest BCUT2D eigenvalue weighted by molar-refractivity contribution is 0.186. The topological polar surface area (TPSA) is 19.9 Å². The molecular weight excluding hydrogens is 352 g/mol. The van der Waals surface area contributed by atoms with Gasteiger partial charge in [-0.15, -0.1) is 12.8 Å². The van der Waals surface area contributed by atoms with Gasteiger partial charge in [0.25, 0.3) is 0 Å². The van der Waals surface area contributed by atoms with Gasteiger partial charge in [-0.2, -0.15) is 0 Å². The molecule has 5 rings (SSSR count). The van der Waals surface area contributed by atoms with E-state index < -0.39 is 0 Å². The van der Waals surface area contributed by atoms with Gasteiger partial charge in [0, 0.05) is 0 Å². The fraction of sp³-hybridized carbons (Fsp3) is 0.214. The predicted molar refractivity (Wildman–Crippen MR) is 127 cm³/mol. The number of fused-ring (bicyclic) bond motifs is 2. The van der Waals surface area contributed by atoms with Gasteiger partial charge >= 0.3 is 0 Å². The molecule has 1 nitrogen and oxygen atoms in total. The van der Waals surface area contributed by atoms with Gasteiger partial charge in [0.05, 0.1) is 6.61 Å². The molecule has 0 aliphatic carbocycles. The lowest BCUT2D eigenvalue weighted by atomic mass is 9.90. The number of benzene rings is 5. The van der Waals surface area contributed by atoms with Crippen molar-refractivity contribution in [2.75, 3.05) is 6.61 Å². The van der Waals surface area contributed by atoms with Crippen LogP contribution >= 0.6 is 0 Å². The van der Waals surface area contributed by atoms with E-state index in [1.165, 1.54) is 55.9 Å². The molecular formula is C28H27O. The third kappa shape index (κ3) is 4.04. The van der Waals surface area contributed by atoms with Gasteiger partial charge in [-0.3, -0.25) is 0 Å². The molecule has 0 aliphatic rings. The molecule has 0 amide bonds. The van der Waals surface area contributed by atoms with Crippen LogP contribution in [0.2, 0.25) is 0 Å². The Bertz CT molecular complexity index is 1040. The highest BCUT2D eigenvalue weighted by molar-refractivity contribution is 6.32. The Balaban J connectivity index is 0.000000231. The van der Waals surface area contributed by atoms with Crippen LogP contribution in [-0.4, -0.2) is 6.61 Å². The van der Waals surface area contributed by atoms with E-state index in [1.54, 1.807) is 0 Å². The summed E-state index contributed by atoms with van der Waals surface area (Å²) in [6.07, 6.45) is 12.4. The number of rotatable bonds is 4. The van der Waals surface area contributed by atoms with Crippen LogP contribution in [0.25, 0.3) is 43.1 Å². The van der Waals surface area contributed by atoms with Gasteiger partial charge in [-0.05, 0) is 49.5 Å². The van der Waals surface area contributed by atoms with Crippen molar-refractivity contribution in [1.82, 2.24) is 0 Å². The Kier molecular flexibility index (Phi) is 7.06. The van der Waals surface area contributed by atoms with Crippen molar-refractivity contribution in [3.05, 3.63) is 72.8 Å². The largest absolute Gasteiger partial charge is 0.237 e. The Hall–Kier alpha value is -3.08. The second-order valence-corrected chi connectivity index (χ2v) is 7.18. The molecule has 0 saturated heterocycles. The van der Waals surface area contributed by atoms with Crippen molar-refractivity contribution in [3.63, 3.8) is 0 Å². The minimum Gasteiger partial charge on any atom is -0.237 e. The highest BCUT2D eigenvalue weighted by Gasteiger charge is 2.11. The molecule has 0 aliphatic heterocycles. The summed E-state index contributed by atoms with van der Waals surface area (Å²) in [6, 6.07) is 26.4. The first-order valence-corrected chi connectivity index (χ1v) is 10.3. The van der Waals surface area contributed by atoms with E-state index in [1.807, 2.05) is 0 Å². The van der Waals surface area contributed by atoms with E-state index in [-0.39, 0.29) is 6.61 Å². The van der Waals surface area contributed by atoms with Crippen molar-refractivity contribution >= 4 is 43.1 Å². The summed E-state index contributed by atoms with van der Waals surface area (Å²) in [5, 5.41) is 20.7. The monoisotopic (exact) mass is 379 g/mol. The first kappa shape index (κ1) is 20.6. The SMILES string of the molecule is C#C.CCCCCC[O].c1cc2cccc3c4cccc5cccc(c(c1)c23)c54. The van der Waals surface area contributed by atoms with E-state index in [2.05, 4.69) is 92.6 Å². The molecule has 0 atom stereocenters. The standard InChI is InChI=1S/C20H12.C6H13O.C2H2/c1-5-13-6-2-11-17-18-12-4-8-14-7-3-10-16(20(14)18)15(9-1)19(13)17;1-2-3-4-5-6-7;1-2/h1-12H;2-6H2,1H3;1-2H. The third-order valence-electron chi connectivity index (χ3n) is 5.39. The summed E-state index contributed by atoms with van der Waals surface area (Å²) < 4.78 is 0. The molecule has 5 aromatic carbocycles. The fourth-order valence-corrected chi connectivity index (χ4v) is 4.11. The van der Waals surface area contributed by atoms with Crippen LogP contribution in [-0.2, 0) is 5.11 Å².